The molecule has 0 spiro atoms. The number of hydrogen-bond acceptors (Lipinski definition) is 7. The van der Waals surface area contributed by atoms with Crippen LogP contribution in [0.4, 0.5) is 11.5 Å². The van der Waals surface area contributed by atoms with Gasteiger partial charge in [-0.3, -0.25) is 19.7 Å². The van der Waals surface area contributed by atoms with Gasteiger partial charge in [-0.25, -0.2) is 14.2 Å². The molecule has 0 bridgehead atoms. The van der Waals surface area contributed by atoms with E-state index in [0.29, 0.717) is 34.2 Å². The monoisotopic (exact) mass is 545 g/mol. The highest BCUT2D eigenvalue weighted by Crippen LogP contribution is 2.17. The maximum absolute atomic E-state index is 13.3. The minimum absolute atomic E-state index is 0.165. The van der Waals surface area contributed by atoms with Crippen LogP contribution in [-0.2, 0) is 13.5 Å². The van der Waals surface area contributed by atoms with Gasteiger partial charge in [-0.1, -0.05) is 49.1 Å². The molecule has 0 atom stereocenters. The van der Waals surface area contributed by atoms with Crippen LogP contribution in [0.25, 0.3) is 16.4 Å². The third-order valence-corrected chi connectivity index (χ3v) is 6.16. The normalized spacial score (nSPS) is 10.5. The lowest BCUT2D eigenvalue weighted by Crippen LogP contribution is -2.31. The third kappa shape index (κ3) is 5.62. The fourth-order valence-electron chi connectivity index (χ4n) is 4.27. The van der Waals surface area contributed by atoms with E-state index in [1.807, 2.05) is 68.7 Å². The Bertz CT molecular complexity index is 1990. The Morgan fingerprint density at radius 1 is 1.02 bits per heavy atom. The summed E-state index contributed by atoms with van der Waals surface area (Å²) in [5.74, 6) is 6.45. The molecule has 4 heterocycles. The minimum atomic E-state index is -0.557. The Morgan fingerprint density at radius 3 is 2.51 bits per heavy atom. The second kappa shape index (κ2) is 11.5. The molecule has 2 aromatic carbocycles. The number of carbonyl (C=O) groups is 1. The largest absolute Gasteiger partial charge is 0.382 e. The third-order valence-electron chi connectivity index (χ3n) is 6.16. The highest BCUT2D eigenvalue weighted by Gasteiger charge is 2.14. The van der Waals surface area contributed by atoms with Gasteiger partial charge in [0.15, 0.2) is 5.82 Å². The van der Waals surface area contributed by atoms with Crippen LogP contribution in [-0.4, -0.2) is 35.0 Å². The summed E-state index contributed by atoms with van der Waals surface area (Å²) in [5.41, 5.74) is 17.5. The first-order valence-electron chi connectivity index (χ1n) is 12.8. The van der Waals surface area contributed by atoms with Gasteiger partial charge in [0.05, 0.1) is 33.9 Å². The number of para-hydroxylation sites is 1. The molecule has 6 aromatic rings. The van der Waals surface area contributed by atoms with Crippen molar-refractivity contribution in [2.75, 3.05) is 11.2 Å². The van der Waals surface area contributed by atoms with Crippen LogP contribution >= 0.6 is 0 Å². The van der Waals surface area contributed by atoms with Crippen molar-refractivity contribution in [3.05, 3.63) is 118 Å². The highest BCUT2D eigenvalue weighted by molar-refractivity contribution is 6.04. The van der Waals surface area contributed by atoms with Gasteiger partial charge in [0.25, 0.3) is 11.5 Å². The molecule has 11 nitrogen and oxygen atoms in total. The number of primary amides is 1. The number of pyridine rings is 1. The number of nitrogens with one attached hydrogen (secondary N) is 1. The number of aryl methyl sites for hydroxylation is 2. The van der Waals surface area contributed by atoms with Crippen molar-refractivity contribution in [2.24, 2.45) is 12.8 Å². The molecule has 0 unspecified atom stereocenters. The average molecular weight is 546 g/mol. The van der Waals surface area contributed by atoms with E-state index in [-0.39, 0.29) is 16.9 Å². The average Bonchev–Trinajstić information content (AvgIpc) is 3.55. The van der Waals surface area contributed by atoms with E-state index in [0.717, 1.165) is 11.3 Å². The van der Waals surface area contributed by atoms with Crippen molar-refractivity contribution in [1.29, 1.82) is 0 Å². The summed E-state index contributed by atoms with van der Waals surface area (Å²) in [7, 11) is 1.84. The first-order valence-corrected chi connectivity index (χ1v) is 12.8. The lowest BCUT2D eigenvalue weighted by atomic mass is 10.1. The van der Waals surface area contributed by atoms with E-state index in [1.54, 1.807) is 35.3 Å². The molecule has 204 valence electrons. The zero-order valence-electron chi connectivity index (χ0n) is 22.4. The van der Waals surface area contributed by atoms with Crippen molar-refractivity contribution in [2.45, 2.75) is 13.3 Å². The minimum Gasteiger partial charge on any atom is -0.382 e. The standard InChI is InChI=1S/C22H19N5O.C8H8N4O/c1-3-20-24-19-11-7-8-17(13-12-16-14-23-26(2)15-16)21(19)22(28)27(20)25-18-9-5-4-6-10-18;9-7-6(8(10)13)5-3-1-2-4-12(5)11-7/h4-11,14-15,25H,3H2,1-2H3;1-4H,(H2,9,11)(H2,10,13). The first kappa shape index (κ1) is 26.7. The Labute approximate surface area is 235 Å². The number of amides is 1. The molecule has 0 saturated carbocycles. The molecule has 41 heavy (non-hydrogen) atoms. The number of nitrogens with two attached hydrogens (primary N) is 2. The Balaban J connectivity index is 0.000000216. The predicted molar refractivity (Wildman–Crippen MR) is 158 cm³/mol. The van der Waals surface area contributed by atoms with E-state index in [2.05, 4.69) is 32.4 Å². The summed E-state index contributed by atoms with van der Waals surface area (Å²) in [6, 6.07) is 20.5. The summed E-state index contributed by atoms with van der Waals surface area (Å²) < 4.78 is 4.72. The summed E-state index contributed by atoms with van der Waals surface area (Å²) in [4.78, 5) is 29.0. The van der Waals surface area contributed by atoms with Gasteiger partial charge in [0, 0.05) is 31.4 Å². The molecule has 6 rings (SSSR count). The number of hydrogen-bond donors (Lipinski definition) is 3. The molecule has 0 aliphatic rings. The molecule has 11 heteroatoms. The first-order chi connectivity index (χ1) is 19.9. The fourth-order valence-corrected chi connectivity index (χ4v) is 4.27. The van der Waals surface area contributed by atoms with E-state index < -0.39 is 5.91 Å². The number of fused-ring (bicyclic) bond motifs is 2. The number of nitrogen functional groups attached to an aromatic ring is 1. The maximum Gasteiger partial charge on any atom is 0.281 e. The number of anilines is 2. The molecule has 0 aliphatic heterocycles. The quantitative estimate of drug-likeness (QED) is 0.288. The second-order valence-corrected chi connectivity index (χ2v) is 9.01. The molecule has 5 N–H and O–H groups in total. The molecule has 1 amide bonds. The molecule has 4 aromatic heterocycles. The lowest BCUT2D eigenvalue weighted by Gasteiger charge is -2.15. The van der Waals surface area contributed by atoms with Gasteiger partial charge < -0.3 is 11.5 Å². The number of benzene rings is 2. The van der Waals surface area contributed by atoms with Gasteiger partial charge in [0.2, 0.25) is 0 Å². The topological polar surface area (TPSA) is 151 Å². The lowest BCUT2D eigenvalue weighted by molar-refractivity contribution is 0.100. The van der Waals surface area contributed by atoms with Crippen molar-refractivity contribution in [3.63, 3.8) is 0 Å². The van der Waals surface area contributed by atoms with E-state index in [9.17, 15) is 9.59 Å². The summed E-state index contributed by atoms with van der Waals surface area (Å²) >= 11 is 0. The van der Waals surface area contributed by atoms with Crippen LogP contribution in [0.5, 0.6) is 0 Å². The van der Waals surface area contributed by atoms with Crippen LogP contribution in [0.1, 0.15) is 34.2 Å². The van der Waals surface area contributed by atoms with Crippen LogP contribution in [0.15, 0.2) is 90.1 Å². The van der Waals surface area contributed by atoms with Crippen LogP contribution in [0.3, 0.4) is 0 Å². The number of nitrogens with zero attached hydrogens (tertiary/aromatic N) is 6. The van der Waals surface area contributed by atoms with Crippen molar-refractivity contribution >= 4 is 33.8 Å². The summed E-state index contributed by atoms with van der Waals surface area (Å²) in [5, 5.41) is 8.55. The van der Waals surface area contributed by atoms with Gasteiger partial charge in [-0.2, -0.15) is 5.10 Å². The Morgan fingerprint density at radius 2 is 1.80 bits per heavy atom. The molecular formula is C30H27N9O2. The van der Waals surface area contributed by atoms with Gasteiger partial charge >= 0.3 is 0 Å². The Kier molecular flexibility index (Phi) is 7.47. The Hall–Kier alpha value is -5.89. The van der Waals surface area contributed by atoms with Crippen LogP contribution in [0.2, 0.25) is 0 Å². The zero-order valence-corrected chi connectivity index (χ0v) is 22.4. The zero-order chi connectivity index (χ0) is 28.9. The van der Waals surface area contributed by atoms with Crippen molar-refractivity contribution in [3.8, 4) is 11.8 Å². The molecule has 0 saturated heterocycles. The summed E-state index contributed by atoms with van der Waals surface area (Å²) in [6.45, 7) is 1.98. The van der Waals surface area contributed by atoms with Gasteiger partial charge in [0.1, 0.15) is 11.4 Å². The molecule has 0 aliphatic carbocycles. The number of rotatable bonds is 4. The van der Waals surface area contributed by atoms with E-state index >= 15 is 0 Å². The number of aromatic nitrogens is 6. The second-order valence-electron chi connectivity index (χ2n) is 9.01. The smallest absolute Gasteiger partial charge is 0.281 e. The van der Waals surface area contributed by atoms with Crippen LogP contribution < -0.4 is 22.5 Å². The van der Waals surface area contributed by atoms with E-state index in [1.165, 1.54) is 9.19 Å². The van der Waals surface area contributed by atoms with Gasteiger partial charge in [-0.15, -0.1) is 5.10 Å². The SMILES string of the molecule is CCc1nc2cccc(C#Cc3cnn(C)c3)c2c(=O)n1Nc1ccccc1.NC(=O)c1c(N)nn2ccccc12. The predicted octanol–water partition coefficient (Wildman–Crippen LogP) is 2.98. The molecule has 0 radical (unpaired) electrons. The van der Waals surface area contributed by atoms with Crippen LogP contribution in [0, 0.1) is 11.8 Å². The van der Waals surface area contributed by atoms with Crippen molar-refractivity contribution < 1.29 is 4.79 Å². The number of carbonyl (C=O) groups excluding carboxylic acids is 1. The fraction of sp³-hybridized carbons (Fsp3) is 0.100. The summed E-state index contributed by atoms with van der Waals surface area (Å²) in [6.07, 6.45) is 5.86. The van der Waals surface area contributed by atoms with E-state index in [4.69, 9.17) is 11.5 Å². The molecular weight excluding hydrogens is 518 g/mol. The molecule has 0 fully saturated rings. The maximum atomic E-state index is 13.3. The van der Waals surface area contributed by atoms with Gasteiger partial charge in [-0.05, 0) is 36.4 Å². The highest BCUT2D eigenvalue weighted by atomic mass is 16.1. The van der Waals surface area contributed by atoms with Crippen molar-refractivity contribution in [1.82, 2.24) is 29.1 Å².